The average Bonchev–Trinajstić information content (AvgIpc) is 2.61. The molecule has 1 aromatic carbocycles. The summed E-state index contributed by atoms with van der Waals surface area (Å²) >= 11 is 0. The predicted molar refractivity (Wildman–Crippen MR) is 84.7 cm³/mol. The number of piperidine rings is 1. The number of nitriles is 1. The normalized spacial score (nSPS) is 21.8. The summed E-state index contributed by atoms with van der Waals surface area (Å²) in [5, 5.41) is 11.6. The molecule has 2 N–H and O–H groups in total. The number of amides is 1. The minimum Gasteiger partial charge on any atom is -0.469 e. The van der Waals surface area contributed by atoms with Gasteiger partial charge in [-0.1, -0.05) is 0 Å². The van der Waals surface area contributed by atoms with Crippen LogP contribution in [-0.4, -0.2) is 38.1 Å². The largest absolute Gasteiger partial charge is 0.469 e. The fraction of sp³-hybridized carbons (Fsp3) is 0.471. The fourth-order valence-electron chi connectivity index (χ4n) is 2.89. The summed E-state index contributed by atoms with van der Waals surface area (Å²) in [5.74, 6) is -0.252. The molecule has 0 radical (unpaired) electrons. The van der Waals surface area contributed by atoms with Crippen LogP contribution in [0, 0.1) is 17.2 Å². The van der Waals surface area contributed by atoms with Gasteiger partial charge in [-0.25, -0.2) is 0 Å². The van der Waals surface area contributed by atoms with Gasteiger partial charge < -0.3 is 15.0 Å². The lowest BCUT2D eigenvalue weighted by molar-refractivity contribution is -0.919. The van der Waals surface area contributed by atoms with Crippen molar-refractivity contribution in [1.29, 1.82) is 5.26 Å². The maximum Gasteiger partial charge on any atom is 0.309 e. The van der Waals surface area contributed by atoms with Crippen molar-refractivity contribution in [3.63, 3.8) is 0 Å². The van der Waals surface area contributed by atoms with Crippen LogP contribution in [0.3, 0.4) is 0 Å². The first-order valence-electron chi connectivity index (χ1n) is 7.78. The number of benzene rings is 1. The number of nitrogens with one attached hydrogen (secondary N) is 2. The van der Waals surface area contributed by atoms with E-state index in [9.17, 15) is 9.59 Å². The van der Waals surface area contributed by atoms with E-state index in [0.29, 0.717) is 11.3 Å². The van der Waals surface area contributed by atoms with E-state index in [1.807, 2.05) is 13.0 Å². The molecule has 0 aromatic heterocycles. The highest BCUT2D eigenvalue weighted by molar-refractivity contribution is 5.93. The molecule has 23 heavy (non-hydrogen) atoms. The summed E-state index contributed by atoms with van der Waals surface area (Å²) in [6.07, 6.45) is 1.49. The van der Waals surface area contributed by atoms with Crippen LogP contribution in [-0.2, 0) is 14.3 Å². The molecule has 0 unspecified atom stereocenters. The van der Waals surface area contributed by atoms with E-state index >= 15 is 0 Å². The molecule has 1 atom stereocenters. The van der Waals surface area contributed by atoms with Crippen molar-refractivity contribution in [1.82, 2.24) is 0 Å². The van der Waals surface area contributed by atoms with E-state index in [4.69, 9.17) is 10.00 Å². The monoisotopic (exact) mass is 316 g/mol. The zero-order valence-corrected chi connectivity index (χ0v) is 13.5. The van der Waals surface area contributed by atoms with Gasteiger partial charge in [-0.3, -0.25) is 9.59 Å². The molecular formula is C17H22N3O3+. The zero-order valence-electron chi connectivity index (χ0n) is 13.5. The van der Waals surface area contributed by atoms with Gasteiger partial charge in [0.25, 0.3) is 5.91 Å². The average molecular weight is 316 g/mol. The summed E-state index contributed by atoms with van der Waals surface area (Å²) in [6.45, 7) is 3.45. The van der Waals surface area contributed by atoms with Crippen LogP contribution >= 0.6 is 0 Å². The van der Waals surface area contributed by atoms with Gasteiger partial charge in [0.15, 0.2) is 6.04 Å². The third kappa shape index (κ3) is 4.30. The Kier molecular flexibility index (Phi) is 5.72. The molecule has 6 heteroatoms. The second kappa shape index (κ2) is 7.75. The van der Waals surface area contributed by atoms with Crippen molar-refractivity contribution >= 4 is 17.6 Å². The second-order valence-corrected chi connectivity index (χ2v) is 5.86. The molecule has 0 spiro atoms. The highest BCUT2D eigenvalue weighted by atomic mass is 16.5. The minimum atomic E-state index is -0.191. The lowest BCUT2D eigenvalue weighted by atomic mass is 9.96. The quantitative estimate of drug-likeness (QED) is 0.785. The number of hydrogen-bond donors (Lipinski definition) is 2. The standard InChI is InChI=1S/C17H21N3O3/c1-12(20-9-7-14(8-10-20)17(22)23-2)16(21)19-15-5-3-13(11-18)4-6-15/h3-6,12,14H,7-10H2,1-2H3,(H,19,21)/p+1/t12-/m0/s1. The Hall–Kier alpha value is -2.39. The molecule has 6 nitrogen and oxygen atoms in total. The number of methoxy groups -OCH3 is 1. The van der Waals surface area contributed by atoms with Gasteiger partial charge in [0, 0.05) is 18.5 Å². The van der Waals surface area contributed by atoms with Gasteiger partial charge in [0.05, 0.1) is 37.7 Å². The molecule has 1 amide bonds. The fourth-order valence-corrected chi connectivity index (χ4v) is 2.89. The number of anilines is 1. The van der Waals surface area contributed by atoms with Crippen LogP contribution in [0.25, 0.3) is 0 Å². The molecule has 1 aliphatic heterocycles. The third-order valence-corrected chi connectivity index (χ3v) is 4.45. The van der Waals surface area contributed by atoms with Crippen molar-refractivity contribution in [3.8, 4) is 6.07 Å². The molecule has 1 aromatic rings. The SMILES string of the molecule is COC(=O)C1CC[NH+]([C@@H](C)C(=O)Nc2ccc(C#N)cc2)CC1. The Bertz CT molecular complexity index is 599. The highest BCUT2D eigenvalue weighted by Gasteiger charge is 2.33. The molecule has 0 bridgehead atoms. The van der Waals surface area contributed by atoms with E-state index in [1.165, 1.54) is 12.0 Å². The zero-order chi connectivity index (χ0) is 16.8. The number of carbonyl (C=O) groups is 2. The Morgan fingerprint density at radius 1 is 1.30 bits per heavy atom. The van der Waals surface area contributed by atoms with Gasteiger partial charge in [0.2, 0.25) is 0 Å². The van der Waals surface area contributed by atoms with Crippen LogP contribution in [0.2, 0.25) is 0 Å². The van der Waals surface area contributed by atoms with Crippen LogP contribution < -0.4 is 10.2 Å². The lowest BCUT2D eigenvalue weighted by Gasteiger charge is -2.31. The molecule has 1 heterocycles. The minimum absolute atomic E-state index is 0.0439. The van der Waals surface area contributed by atoms with Gasteiger partial charge in [-0.05, 0) is 31.2 Å². The first-order valence-corrected chi connectivity index (χ1v) is 7.78. The molecule has 0 aliphatic carbocycles. The van der Waals surface area contributed by atoms with Crippen LogP contribution in [0.5, 0.6) is 0 Å². The third-order valence-electron chi connectivity index (χ3n) is 4.45. The number of hydrogen-bond acceptors (Lipinski definition) is 4. The predicted octanol–water partition coefficient (Wildman–Crippen LogP) is 0.353. The summed E-state index contributed by atoms with van der Waals surface area (Å²) in [6, 6.07) is 8.65. The maximum atomic E-state index is 12.3. The Morgan fingerprint density at radius 3 is 2.43 bits per heavy atom. The summed E-state index contributed by atoms with van der Waals surface area (Å²) < 4.78 is 4.78. The van der Waals surface area contributed by atoms with E-state index < -0.39 is 0 Å². The highest BCUT2D eigenvalue weighted by Crippen LogP contribution is 2.12. The lowest BCUT2D eigenvalue weighted by Crippen LogP contribution is -3.17. The van der Waals surface area contributed by atoms with Gasteiger partial charge >= 0.3 is 5.97 Å². The molecular weight excluding hydrogens is 294 g/mol. The van der Waals surface area contributed by atoms with Gasteiger partial charge in [0.1, 0.15) is 0 Å². The smallest absolute Gasteiger partial charge is 0.309 e. The summed E-state index contributed by atoms with van der Waals surface area (Å²) in [4.78, 5) is 25.1. The van der Waals surface area contributed by atoms with E-state index in [1.54, 1.807) is 24.3 Å². The molecule has 1 saturated heterocycles. The molecule has 2 rings (SSSR count). The number of nitrogens with zero attached hydrogens (tertiary/aromatic N) is 1. The number of ether oxygens (including phenoxy) is 1. The number of rotatable bonds is 4. The number of likely N-dealkylation sites (tertiary alicyclic amines) is 1. The molecule has 1 fully saturated rings. The second-order valence-electron chi connectivity index (χ2n) is 5.86. The molecule has 1 aliphatic rings. The topological polar surface area (TPSA) is 83.6 Å². The van der Waals surface area contributed by atoms with Crippen molar-refractivity contribution in [2.75, 3.05) is 25.5 Å². The number of quaternary nitrogens is 1. The van der Waals surface area contributed by atoms with Gasteiger partial charge in [-0.2, -0.15) is 5.26 Å². The van der Waals surface area contributed by atoms with E-state index in [0.717, 1.165) is 25.9 Å². The number of carbonyl (C=O) groups excluding carboxylic acids is 2. The van der Waals surface area contributed by atoms with Crippen LogP contribution in [0.15, 0.2) is 24.3 Å². The Balaban J connectivity index is 1.87. The van der Waals surface area contributed by atoms with Crippen LogP contribution in [0.1, 0.15) is 25.3 Å². The first kappa shape index (κ1) is 17.0. The Morgan fingerprint density at radius 2 is 1.91 bits per heavy atom. The van der Waals surface area contributed by atoms with Crippen molar-refractivity contribution in [3.05, 3.63) is 29.8 Å². The van der Waals surface area contributed by atoms with Crippen molar-refractivity contribution < 1.29 is 19.2 Å². The molecule has 122 valence electrons. The maximum absolute atomic E-state index is 12.3. The number of esters is 1. The van der Waals surface area contributed by atoms with Crippen LogP contribution in [0.4, 0.5) is 5.69 Å². The summed E-state index contributed by atoms with van der Waals surface area (Å²) in [5.41, 5.74) is 1.25. The first-order chi connectivity index (χ1) is 11.0. The molecule has 0 saturated carbocycles. The Labute approximate surface area is 136 Å². The van der Waals surface area contributed by atoms with Crippen molar-refractivity contribution in [2.45, 2.75) is 25.8 Å². The summed E-state index contributed by atoms with van der Waals surface area (Å²) in [7, 11) is 1.41. The van der Waals surface area contributed by atoms with Gasteiger partial charge in [-0.15, -0.1) is 0 Å². The van der Waals surface area contributed by atoms with Crippen molar-refractivity contribution in [2.24, 2.45) is 5.92 Å². The van der Waals surface area contributed by atoms with E-state index in [2.05, 4.69) is 5.32 Å². The van der Waals surface area contributed by atoms with E-state index in [-0.39, 0.29) is 23.8 Å².